The molecule has 0 spiro atoms. The second kappa shape index (κ2) is 7.83. The summed E-state index contributed by atoms with van der Waals surface area (Å²) in [6.07, 6.45) is -1.23. The van der Waals surface area contributed by atoms with Gasteiger partial charge in [0.25, 0.3) is 0 Å². The Morgan fingerprint density at radius 3 is 2.00 bits per heavy atom. The first-order valence-electron chi connectivity index (χ1n) is 5.17. The SMILES string of the molecule is CC(=O)Oc1ccccc1C(=O)O.CC(O)C(=O)O. The van der Waals surface area contributed by atoms with Crippen LogP contribution in [0, 0.1) is 0 Å². The van der Waals surface area contributed by atoms with Gasteiger partial charge in [0.2, 0.25) is 0 Å². The molecule has 19 heavy (non-hydrogen) atoms. The highest BCUT2D eigenvalue weighted by Gasteiger charge is 2.10. The molecule has 0 aliphatic rings. The number of aromatic carboxylic acids is 1. The van der Waals surface area contributed by atoms with Crippen molar-refractivity contribution in [2.45, 2.75) is 20.0 Å². The van der Waals surface area contributed by atoms with Crippen LogP contribution >= 0.6 is 0 Å². The fraction of sp³-hybridized carbons (Fsp3) is 0.250. The Balaban J connectivity index is 0.000000459. The van der Waals surface area contributed by atoms with E-state index in [9.17, 15) is 14.4 Å². The van der Waals surface area contributed by atoms with E-state index in [-0.39, 0.29) is 11.3 Å². The van der Waals surface area contributed by atoms with E-state index in [1.165, 1.54) is 26.0 Å². The quantitative estimate of drug-likeness (QED) is 0.547. The first-order valence-corrected chi connectivity index (χ1v) is 5.17. The topological polar surface area (TPSA) is 121 Å². The molecule has 0 heterocycles. The number of carboxylic acids is 2. The van der Waals surface area contributed by atoms with Gasteiger partial charge >= 0.3 is 17.9 Å². The van der Waals surface area contributed by atoms with Gasteiger partial charge in [-0.2, -0.15) is 0 Å². The molecule has 0 aliphatic carbocycles. The number of para-hydroxylation sites is 1. The van der Waals surface area contributed by atoms with Gasteiger partial charge in [-0.15, -0.1) is 0 Å². The maximum Gasteiger partial charge on any atom is 0.339 e. The van der Waals surface area contributed by atoms with Gasteiger partial charge in [-0.25, -0.2) is 9.59 Å². The van der Waals surface area contributed by atoms with E-state index < -0.39 is 24.0 Å². The normalized spacial score (nSPS) is 10.7. The number of ether oxygens (including phenoxy) is 1. The molecule has 7 nitrogen and oxygen atoms in total. The summed E-state index contributed by atoms with van der Waals surface area (Å²) in [7, 11) is 0. The van der Waals surface area contributed by atoms with Crippen LogP contribution in [0.2, 0.25) is 0 Å². The third kappa shape index (κ3) is 6.79. The Morgan fingerprint density at radius 2 is 1.63 bits per heavy atom. The number of aliphatic hydroxyl groups excluding tert-OH is 1. The number of hydrogen-bond acceptors (Lipinski definition) is 5. The lowest BCUT2D eigenvalue weighted by Gasteiger charge is -2.03. The van der Waals surface area contributed by atoms with Crippen molar-refractivity contribution in [1.29, 1.82) is 0 Å². The lowest BCUT2D eigenvalue weighted by atomic mass is 10.2. The predicted molar refractivity (Wildman–Crippen MR) is 64.0 cm³/mol. The van der Waals surface area contributed by atoms with Crippen LogP contribution in [0.5, 0.6) is 5.75 Å². The van der Waals surface area contributed by atoms with Crippen LogP contribution in [0.4, 0.5) is 0 Å². The number of aliphatic hydroxyl groups is 1. The van der Waals surface area contributed by atoms with Gasteiger partial charge in [0.15, 0.2) is 0 Å². The summed E-state index contributed by atoms with van der Waals surface area (Å²) in [5.74, 6) is -2.76. The van der Waals surface area contributed by atoms with Crippen LogP contribution in [0.1, 0.15) is 24.2 Å². The number of rotatable bonds is 3. The summed E-state index contributed by atoms with van der Waals surface area (Å²) in [6.45, 7) is 2.42. The highest BCUT2D eigenvalue weighted by atomic mass is 16.5. The smallest absolute Gasteiger partial charge is 0.339 e. The standard InChI is InChI=1S/C9H8O4.C3H6O3/c1-6(10)13-8-5-3-2-4-7(8)9(11)12;1-2(4)3(5)6/h2-5H,1H3,(H,11,12);2,4H,1H3,(H,5,6). The van der Waals surface area contributed by atoms with Gasteiger partial charge in [0.1, 0.15) is 17.4 Å². The minimum Gasteiger partial charge on any atom is -0.479 e. The number of aliphatic carboxylic acids is 1. The van der Waals surface area contributed by atoms with Crippen LogP contribution in [0.15, 0.2) is 24.3 Å². The Labute approximate surface area is 109 Å². The van der Waals surface area contributed by atoms with E-state index in [0.717, 1.165) is 0 Å². The van der Waals surface area contributed by atoms with Crippen LogP contribution in [-0.4, -0.2) is 39.3 Å². The van der Waals surface area contributed by atoms with E-state index in [1.54, 1.807) is 12.1 Å². The summed E-state index contributed by atoms with van der Waals surface area (Å²) in [6, 6.07) is 5.98. The molecule has 0 aromatic heterocycles. The molecule has 0 saturated heterocycles. The van der Waals surface area contributed by atoms with Crippen LogP contribution < -0.4 is 4.74 Å². The Bertz CT molecular complexity index is 465. The second-order valence-electron chi connectivity index (χ2n) is 3.41. The minimum absolute atomic E-state index is 0.0160. The average Bonchev–Trinajstić information content (AvgIpc) is 2.29. The zero-order valence-electron chi connectivity index (χ0n) is 10.4. The molecule has 0 aliphatic heterocycles. The van der Waals surface area contributed by atoms with Gasteiger partial charge in [0.05, 0.1) is 0 Å². The van der Waals surface area contributed by atoms with E-state index in [1.807, 2.05) is 0 Å². The van der Waals surface area contributed by atoms with E-state index in [2.05, 4.69) is 4.74 Å². The lowest BCUT2D eigenvalue weighted by Crippen LogP contribution is -2.13. The van der Waals surface area contributed by atoms with E-state index in [4.69, 9.17) is 15.3 Å². The highest BCUT2D eigenvalue weighted by Crippen LogP contribution is 2.17. The van der Waals surface area contributed by atoms with E-state index in [0.29, 0.717) is 0 Å². The number of benzene rings is 1. The summed E-state index contributed by atoms with van der Waals surface area (Å²) in [4.78, 5) is 30.6. The molecule has 3 N–H and O–H groups in total. The molecular formula is C12H14O7. The van der Waals surface area contributed by atoms with Gasteiger partial charge in [-0.3, -0.25) is 4.79 Å². The fourth-order valence-electron chi connectivity index (χ4n) is 0.887. The molecule has 0 bridgehead atoms. The molecule has 0 saturated carbocycles. The molecule has 1 aromatic carbocycles. The summed E-state index contributed by atoms with van der Waals surface area (Å²) >= 11 is 0. The van der Waals surface area contributed by atoms with Crippen molar-refractivity contribution in [3.05, 3.63) is 29.8 Å². The van der Waals surface area contributed by atoms with Crippen molar-refractivity contribution in [3.63, 3.8) is 0 Å². The maximum absolute atomic E-state index is 10.6. The van der Waals surface area contributed by atoms with Crippen LogP contribution in [0.3, 0.4) is 0 Å². The van der Waals surface area contributed by atoms with Gasteiger partial charge in [-0.1, -0.05) is 12.1 Å². The van der Waals surface area contributed by atoms with Gasteiger partial charge in [-0.05, 0) is 19.1 Å². The lowest BCUT2D eigenvalue weighted by molar-refractivity contribution is -0.145. The number of esters is 1. The van der Waals surface area contributed by atoms with E-state index >= 15 is 0 Å². The largest absolute Gasteiger partial charge is 0.479 e. The molecular weight excluding hydrogens is 256 g/mol. The predicted octanol–water partition coefficient (Wildman–Crippen LogP) is 0.762. The second-order valence-corrected chi connectivity index (χ2v) is 3.41. The molecule has 0 fully saturated rings. The molecule has 0 amide bonds. The number of carbonyl (C=O) groups is 3. The monoisotopic (exact) mass is 270 g/mol. The van der Waals surface area contributed by atoms with Crippen molar-refractivity contribution in [2.75, 3.05) is 0 Å². The van der Waals surface area contributed by atoms with Crippen molar-refractivity contribution in [1.82, 2.24) is 0 Å². The van der Waals surface area contributed by atoms with Gasteiger partial charge < -0.3 is 20.1 Å². The number of carbonyl (C=O) groups excluding carboxylic acids is 1. The molecule has 104 valence electrons. The maximum atomic E-state index is 10.6. The third-order valence-corrected chi connectivity index (χ3v) is 1.73. The highest BCUT2D eigenvalue weighted by molar-refractivity contribution is 5.91. The van der Waals surface area contributed by atoms with Crippen molar-refractivity contribution in [3.8, 4) is 5.75 Å². The molecule has 1 aromatic rings. The third-order valence-electron chi connectivity index (χ3n) is 1.73. The zero-order valence-corrected chi connectivity index (χ0v) is 10.4. The van der Waals surface area contributed by atoms with Gasteiger partial charge in [0, 0.05) is 6.92 Å². The van der Waals surface area contributed by atoms with Crippen molar-refractivity contribution < 1.29 is 34.4 Å². The molecule has 1 atom stereocenters. The van der Waals surface area contributed by atoms with Crippen molar-refractivity contribution in [2.24, 2.45) is 0 Å². The summed E-state index contributed by atoms with van der Waals surface area (Å²) in [5.41, 5.74) is -0.0160. The summed E-state index contributed by atoms with van der Waals surface area (Å²) in [5, 5.41) is 24.5. The number of carboxylic acid groups (broad SMARTS) is 2. The first kappa shape index (κ1) is 16.6. The molecule has 0 radical (unpaired) electrons. The Kier molecular flexibility index (Phi) is 6.83. The fourth-order valence-corrected chi connectivity index (χ4v) is 0.887. The number of hydrogen-bond donors (Lipinski definition) is 3. The Morgan fingerprint density at radius 1 is 1.16 bits per heavy atom. The Hall–Kier alpha value is -2.41. The zero-order chi connectivity index (χ0) is 15.0. The first-order chi connectivity index (χ1) is 8.75. The van der Waals surface area contributed by atoms with Crippen LogP contribution in [-0.2, 0) is 9.59 Å². The molecule has 1 rings (SSSR count). The van der Waals surface area contributed by atoms with Crippen LogP contribution in [0.25, 0.3) is 0 Å². The minimum atomic E-state index is -1.23. The summed E-state index contributed by atoms with van der Waals surface area (Å²) < 4.78 is 4.69. The molecule has 1 unspecified atom stereocenters. The average molecular weight is 270 g/mol. The van der Waals surface area contributed by atoms with Crippen molar-refractivity contribution >= 4 is 17.9 Å². The molecule has 7 heteroatoms.